The number of fused-ring (bicyclic) bond motifs is 1. The monoisotopic (exact) mass is 412 g/mol. The Morgan fingerprint density at radius 1 is 1.23 bits per heavy atom. The molecule has 0 bridgehead atoms. The molecule has 0 saturated carbocycles. The van der Waals surface area contributed by atoms with Crippen LogP contribution in [0.15, 0.2) is 36.4 Å². The van der Waals surface area contributed by atoms with E-state index in [9.17, 15) is 19.7 Å². The van der Waals surface area contributed by atoms with E-state index in [-0.39, 0.29) is 30.4 Å². The fourth-order valence-corrected chi connectivity index (χ4v) is 3.43. The number of ether oxygens (including phenoxy) is 1. The fourth-order valence-electron chi connectivity index (χ4n) is 3.43. The number of nitro groups is 1. The number of rotatable bonds is 7. The van der Waals surface area contributed by atoms with Crippen LogP contribution in [0.25, 0.3) is 0 Å². The Bertz CT molecular complexity index is 987. The predicted molar refractivity (Wildman–Crippen MR) is 114 cm³/mol. The number of nitrogens with one attached hydrogen (secondary N) is 1. The van der Waals surface area contributed by atoms with Crippen LogP contribution in [-0.2, 0) is 9.59 Å². The van der Waals surface area contributed by atoms with Crippen molar-refractivity contribution in [1.29, 1.82) is 0 Å². The van der Waals surface area contributed by atoms with Gasteiger partial charge in [0, 0.05) is 30.5 Å². The topological polar surface area (TPSA) is 105 Å². The first-order valence-electron chi connectivity index (χ1n) is 9.71. The first kappa shape index (κ1) is 21.1. The predicted octanol–water partition coefficient (Wildman–Crippen LogP) is 3.11. The van der Waals surface area contributed by atoms with Crippen molar-refractivity contribution in [3.8, 4) is 5.75 Å². The molecule has 3 rings (SSSR count). The lowest BCUT2D eigenvalue weighted by atomic mass is 10.1. The van der Waals surface area contributed by atoms with Gasteiger partial charge in [-0.15, -0.1) is 0 Å². The molecule has 0 radical (unpaired) electrons. The average Bonchev–Trinajstić information content (AvgIpc) is 2.70. The summed E-state index contributed by atoms with van der Waals surface area (Å²) in [6.07, 6.45) is 0. The third-order valence-corrected chi connectivity index (χ3v) is 4.99. The second kappa shape index (κ2) is 8.81. The van der Waals surface area contributed by atoms with Crippen LogP contribution in [0.2, 0.25) is 0 Å². The van der Waals surface area contributed by atoms with Crippen LogP contribution in [0.4, 0.5) is 22.7 Å². The van der Waals surface area contributed by atoms with Crippen LogP contribution in [0, 0.1) is 17.0 Å². The van der Waals surface area contributed by atoms with Crippen molar-refractivity contribution in [3.05, 3.63) is 52.1 Å². The van der Waals surface area contributed by atoms with Gasteiger partial charge in [0.05, 0.1) is 23.2 Å². The number of non-ortho nitro benzene ring substituents is 1. The molecule has 9 heteroatoms. The lowest BCUT2D eigenvalue weighted by Crippen LogP contribution is -2.41. The zero-order valence-corrected chi connectivity index (χ0v) is 17.2. The quantitative estimate of drug-likeness (QED) is 0.322. The minimum Gasteiger partial charge on any atom is -0.423 e. The number of amides is 1. The Balaban J connectivity index is 1.74. The van der Waals surface area contributed by atoms with E-state index in [1.165, 1.54) is 18.2 Å². The van der Waals surface area contributed by atoms with Gasteiger partial charge in [-0.3, -0.25) is 14.9 Å². The largest absolute Gasteiger partial charge is 0.423 e. The number of carbonyl (C=O) groups excluding carboxylic acids is 2. The van der Waals surface area contributed by atoms with Gasteiger partial charge < -0.3 is 19.9 Å². The van der Waals surface area contributed by atoms with E-state index in [0.717, 1.165) is 24.3 Å². The van der Waals surface area contributed by atoms with Gasteiger partial charge in [0.15, 0.2) is 5.75 Å². The molecule has 0 saturated heterocycles. The molecule has 2 aromatic rings. The van der Waals surface area contributed by atoms with Gasteiger partial charge in [0.1, 0.15) is 6.54 Å². The number of benzene rings is 2. The number of esters is 1. The second-order valence-corrected chi connectivity index (χ2v) is 6.96. The molecule has 1 heterocycles. The molecule has 1 N–H and O–H groups in total. The van der Waals surface area contributed by atoms with Crippen LogP contribution in [0.3, 0.4) is 0 Å². The first-order chi connectivity index (χ1) is 14.3. The molecule has 1 amide bonds. The number of nitrogens with zero attached hydrogens (tertiary/aromatic N) is 3. The number of carbonyl (C=O) groups is 2. The first-order valence-corrected chi connectivity index (χ1v) is 9.71. The third-order valence-electron chi connectivity index (χ3n) is 4.99. The van der Waals surface area contributed by atoms with Gasteiger partial charge in [-0.2, -0.15) is 0 Å². The highest BCUT2D eigenvalue weighted by atomic mass is 16.6. The molecule has 0 aliphatic carbocycles. The van der Waals surface area contributed by atoms with Crippen LogP contribution < -0.4 is 19.9 Å². The van der Waals surface area contributed by atoms with E-state index in [4.69, 9.17) is 4.74 Å². The zero-order valence-electron chi connectivity index (χ0n) is 17.2. The maximum Gasteiger partial charge on any atom is 0.331 e. The Hall–Kier alpha value is -3.62. The standard InChI is InChI=1S/C21H24N4O5/c1-4-23(5-2)15-6-8-17(14(3)10-15)22-20(26)12-24-13-21(27)30-19-11-16(25(28)29)7-9-18(19)24/h6-11H,4-5,12-13H2,1-3H3,(H,22,26). The van der Waals surface area contributed by atoms with Crippen molar-refractivity contribution in [1.82, 2.24) is 0 Å². The lowest BCUT2D eigenvalue weighted by Gasteiger charge is -2.29. The summed E-state index contributed by atoms with van der Waals surface area (Å²) < 4.78 is 5.11. The highest BCUT2D eigenvalue weighted by Gasteiger charge is 2.27. The highest BCUT2D eigenvalue weighted by Crippen LogP contribution is 2.35. The Morgan fingerprint density at radius 3 is 2.60 bits per heavy atom. The molecular weight excluding hydrogens is 388 g/mol. The second-order valence-electron chi connectivity index (χ2n) is 6.96. The summed E-state index contributed by atoms with van der Waals surface area (Å²) in [5.41, 5.74) is 2.99. The molecule has 0 unspecified atom stereocenters. The van der Waals surface area contributed by atoms with E-state index in [0.29, 0.717) is 11.4 Å². The minimum absolute atomic E-state index is 0.0769. The van der Waals surface area contributed by atoms with Crippen LogP contribution in [0.1, 0.15) is 19.4 Å². The summed E-state index contributed by atoms with van der Waals surface area (Å²) in [5.74, 6) is -0.795. The van der Waals surface area contributed by atoms with Crippen molar-refractivity contribution in [2.45, 2.75) is 20.8 Å². The zero-order chi connectivity index (χ0) is 21.8. The molecule has 0 aromatic heterocycles. The Labute approximate surface area is 174 Å². The van der Waals surface area contributed by atoms with Crippen LogP contribution >= 0.6 is 0 Å². The van der Waals surface area contributed by atoms with E-state index in [1.807, 2.05) is 25.1 Å². The summed E-state index contributed by atoms with van der Waals surface area (Å²) in [6.45, 7) is 7.69. The van der Waals surface area contributed by atoms with Gasteiger partial charge in [0.2, 0.25) is 5.91 Å². The van der Waals surface area contributed by atoms with Crippen molar-refractivity contribution >= 4 is 34.6 Å². The van der Waals surface area contributed by atoms with E-state index in [1.54, 1.807) is 4.90 Å². The lowest BCUT2D eigenvalue weighted by molar-refractivity contribution is -0.384. The number of aryl methyl sites for hydroxylation is 1. The highest BCUT2D eigenvalue weighted by molar-refractivity contribution is 5.97. The summed E-state index contributed by atoms with van der Waals surface area (Å²) in [5, 5.41) is 13.8. The molecule has 1 aliphatic rings. The van der Waals surface area contributed by atoms with Crippen molar-refractivity contribution < 1.29 is 19.2 Å². The molecule has 158 valence electrons. The molecule has 0 fully saturated rings. The van der Waals surface area contributed by atoms with Crippen LogP contribution in [0.5, 0.6) is 5.75 Å². The van der Waals surface area contributed by atoms with Gasteiger partial charge in [-0.1, -0.05) is 0 Å². The van der Waals surface area contributed by atoms with Crippen molar-refractivity contribution in [3.63, 3.8) is 0 Å². The SMILES string of the molecule is CCN(CC)c1ccc(NC(=O)CN2CC(=O)Oc3cc([N+](=O)[O-])ccc32)c(C)c1. The number of hydrogen-bond acceptors (Lipinski definition) is 7. The molecule has 1 aliphatic heterocycles. The summed E-state index contributed by atoms with van der Waals surface area (Å²) in [7, 11) is 0. The Kier molecular flexibility index (Phi) is 6.20. The Morgan fingerprint density at radius 2 is 1.97 bits per heavy atom. The average molecular weight is 412 g/mol. The maximum atomic E-state index is 12.6. The third kappa shape index (κ3) is 4.51. The normalized spacial score (nSPS) is 12.8. The van der Waals surface area contributed by atoms with E-state index < -0.39 is 10.9 Å². The molecule has 9 nitrogen and oxygen atoms in total. The smallest absolute Gasteiger partial charge is 0.331 e. The summed E-state index contributed by atoms with van der Waals surface area (Å²) in [6, 6.07) is 9.84. The fraction of sp³-hybridized carbons (Fsp3) is 0.333. The minimum atomic E-state index is -0.574. The summed E-state index contributed by atoms with van der Waals surface area (Å²) in [4.78, 5) is 38.7. The van der Waals surface area contributed by atoms with E-state index >= 15 is 0 Å². The van der Waals surface area contributed by atoms with Crippen molar-refractivity contribution in [2.24, 2.45) is 0 Å². The maximum absolute atomic E-state index is 12.6. The number of nitro benzene ring substituents is 1. The summed E-state index contributed by atoms with van der Waals surface area (Å²) >= 11 is 0. The molecule has 2 aromatic carbocycles. The van der Waals surface area contributed by atoms with Gasteiger partial charge in [0.25, 0.3) is 5.69 Å². The van der Waals surface area contributed by atoms with Gasteiger partial charge in [-0.25, -0.2) is 4.79 Å². The van der Waals surface area contributed by atoms with E-state index in [2.05, 4.69) is 24.1 Å². The van der Waals surface area contributed by atoms with Gasteiger partial charge in [-0.05, 0) is 50.6 Å². The van der Waals surface area contributed by atoms with Crippen molar-refractivity contribution in [2.75, 3.05) is 41.3 Å². The molecular formula is C21H24N4O5. The van der Waals surface area contributed by atoms with Crippen LogP contribution in [-0.4, -0.2) is 43.0 Å². The van der Waals surface area contributed by atoms with Gasteiger partial charge >= 0.3 is 5.97 Å². The molecule has 0 atom stereocenters. The molecule has 0 spiro atoms. The molecule has 30 heavy (non-hydrogen) atoms. The number of hydrogen-bond donors (Lipinski definition) is 1. The number of anilines is 3.